The Labute approximate surface area is 87.3 Å². The average molecular weight is 201 g/mol. The molecule has 0 bridgehead atoms. The van der Waals surface area contributed by atoms with Gasteiger partial charge >= 0.3 is 0 Å². The summed E-state index contributed by atoms with van der Waals surface area (Å²) in [5, 5.41) is 5.23. The maximum atomic E-state index is 5.91. The Kier molecular flexibility index (Phi) is 1.55. The van der Waals surface area contributed by atoms with E-state index in [1.807, 2.05) is 36.4 Å². The quantitative estimate of drug-likeness (QED) is 0.523. The van der Waals surface area contributed by atoms with Crippen molar-refractivity contribution >= 4 is 23.0 Å². The van der Waals surface area contributed by atoms with E-state index >= 15 is 0 Å². The fourth-order valence-electron chi connectivity index (χ4n) is 1.75. The molecule has 14 heavy (non-hydrogen) atoms. The summed E-state index contributed by atoms with van der Waals surface area (Å²) in [4.78, 5) is 0. The Balaban J connectivity index is 2.27. The van der Waals surface area contributed by atoms with E-state index in [-0.39, 0.29) is 0 Å². The molecule has 1 aliphatic rings. The highest BCUT2D eigenvalue weighted by Gasteiger charge is 2.18. The summed E-state index contributed by atoms with van der Waals surface area (Å²) < 4.78 is 0. The topological polar surface area (TPSA) is 14.1 Å². The second-order valence-corrected chi connectivity index (χ2v) is 3.73. The Hall–Kier alpha value is -1.47. The number of rotatable bonds is 0. The van der Waals surface area contributed by atoms with Crippen molar-refractivity contribution in [2.24, 2.45) is 0 Å². The number of para-hydroxylation sites is 1. The van der Waals surface area contributed by atoms with Crippen LogP contribution in [0.4, 0.5) is 11.4 Å². The van der Waals surface area contributed by atoms with E-state index in [1.54, 1.807) is 0 Å². The van der Waals surface area contributed by atoms with Gasteiger partial charge in [-0.05, 0) is 18.2 Å². The molecular weight excluding hydrogens is 194 g/mol. The molecule has 0 unspecified atom stereocenters. The van der Waals surface area contributed by atoms with Crippen molar-refractivity contribution in [3.8, 4) is 11.1 Å². The first-order valence-corrected chi connectivity index (χ1v) is 4.83. The lowest BCUT2D eigenvalue weighted by atomic mass is 10.1. The van der Waals surface area contributed by atoms with Crippen LogP contribution < -0.4 is 5.32 Å². The lowest BCUT2D eigenvalue weighted by molar-refractivity contribution is 1.24. The number of hydrogen-bond donors (Lipinski definition) is 0. The average Bonchev–Trinajstić information content (AvgIpc) is 2.54. The Morgan fingerprint density at radius 3 is 2.57 bits per heavy atom. The SMILES string of the molecule is Clc1ccc2c(c1)[N]c1ccccc1-2. The molecule has 0 spiro atoms. The molecule has 3 rings (SSSR count). The van der Waals surface area contributed by atoms with Crippen LogP contribution in [0.15, 0.2) is 42.5 Å². The predicted octanol–water partition coefficient (Wildman–Crippen LogP) is 3.89. The van der Waals surface area contributed by atoms with Crippen LogP contribution in [0.1, 0.15) is 0 Å². The minimum absolute atomic E-state index is 0.736. The molecule has 1 aliphatic heterocycles. The fourth-order valence-corrected chi connectivity index (χ4v) is 1.92. The minimum Gasteiger partial charge on any atom is -0.248 e. The first kappa shape index (κ1) is 7.89. The van der Waals surface area contributed by atoms with Gasteiger partial charge in [-0.3, -0.25) is 0 Å². The highest BCUT2D eigenvalue weighted by atomic mass is 35.5. The van der Waals surface area contributed by atoms with E-state index in [4.69, 9.17) is 11.6 Å². The van der Waals surface area contributed by atoms with Crippen LogP contribution in [0, 0.1) is 0 Å². The van der Waals surface area contributed by atoms with Gasteiger partial charge in [0.25, 0.3) is 0 Å². The molecule has 0 atom stereocenters. The van der Waals surface area contributed by atoms with E-state index in [0.29, 0.717) is 0 Å². The zero-order valence-corrected chi connectivity index (χ0v) is 8.12. The summed E-state index contributed by atoms with van der Waals surface area (Å²) in [5.74, 6) is 0. The van der Waals surface area contributed by atoms with Gasteiger partial charge < -0.3 is 0 Å². The molecule has 1 heterocycles. The standard InChI is InChI=1S/C12H7ClN/c13-8-5-6-10-9-3-1-2-4-11(9)14-12(10)7-8/h1-7H. The van der Waals surface area contributed by atoms with Crippen molar-refractivity contribution in [1.29, 1.82) is 0 Å². The maximum Gasteiger partial charge on any atom is 0.0731 e. The molecule has 0 aliphatic carbocycles. The predicted molar refractivity (Wildman–Crippen MR) is 58.3 cm³/mol. The third-order valence-corrected chi connectivity index (χ3v) is 2.63. The summed E-state index contributed by atoms with van der Waals surface area (Å²) in [6.07, 6.45) is 0. The van der Waals surface area contributed by atoms with Crippen molar-refractivity contribution in [3.05, 3.63) is 47.5 Å². The van der Waals surface area contributed by atoms with Gasteiger partial charge in [-0.1, -0.05) is 35.9 Å². The molecule has 67 valence electrons. The van der Waals surface area contributed by atoms with Gasteiger partial charge in [0.1, 0.15) is 0 Å². The van der Waals surface area contributed by atoms with Crippen LogP contribution in [0.3, 0.4) is 0 Å². The number of halogens is 1. The molecule has 0 amide bonds. The Bertz CT molecular complexity index is 505. The Morgan fingerprint density at radius 2 is 1.64 bits per heavy atom. The van der Waals surface area contributed by atoms with Crippen LogP contribution in [0.5, 0.6) is 0 Å². The molecule has 0 fully saturated rings. The highest BCUT2D eigenvalue weighted by Crippen LogP contribution is 2.43. The minimum atomic E-state index is 0.736. The molecule has 0 aromatic heterocycles. The molecule has 2 aromatic rings. The third kappa shape index (κ3) is 1.03. The summed E-state index contributed by atoms with van der Waals surface area (Å²) in [7, 11) is 0. The lowest BCUT2D eigenvalue weighted by Gasteiger charge is -1.97. The molecule has 0 saturated heterocycles. The van der Waals surface area contributed by atoms with Crippen LogP contribution in [0.25, 0.3) is 11.1 Å². The van der Waals surface area contributed by atoms with E-state index < -0.39 is 0 Å². The second kappa shape index (κ2) is 2.76. The summed E-state index contributed by atoms with van der Waals surface area (Å²) >= 11 is 5.91. The highest BCUT2D eigenvalue weighted by molar-refractivity contribution is 6.31. The van der Waals surface area contributed by atoms with E-state index in [9.17, 15) is 0 Å². The van der Waals surface area contributed by atoms with Crippen LogP contribution in [-0.4, -0.2) is 0 Å². The molecule has 2 aromatic carbocycles. The van der Waals surface area contributed by atoms with Crippen molar-refractivity contribution in [1.82, 2.24) is 5.32 Å². The van der Waals surface area contributed by atoms with Gasteiger partial charge in [-0.25, -0.2) is 5.32 Å². The van der Waals surface area contributed by atoms with Crippen molar-refractivity contribution in [2.45, 2.75) is 0 Å². The van der Waals surface area contributed by atoms with Gasteiger partial charge in [0.15, 0.2) is 0 Å². The molecule has 0 N–H and O–H groups in total. The van der Waals surface area contributed by atoms with Gasteiger partial charge in [-0.2, -0.15) is 0 Å². The number of hydrogen-bond acceptors (Lipinski definition) is 0. The molecule has 0 saturated carbocycles. The fraction of sp³-hybridized carbons (Fsp3) is 0. The van der Waals surface area contributed by atoms with Crippen molar-refractivity contribution in [2.75, 3.05) is 0 Å². The van der Waals surface area contributed by atoms with Crippen LogP contribution in [-0.2, 0) is 0 Å². The second-order valence-electron chi connectivity index (χ2n) is 3.29. The first-order chi connectivity index (χ1) is 6.84. The van der Waals surface area contributed by atoms with Crippen LogP contribution in [0.2, 0.25) is 5.02 Å². The smallest absolute Gasteiger partial charge is 0.0731 e. The van der Waals surface area contributed by atoms with E-state index in [1.165, 1.54) is 11.1 Å². The molecule has 2 heteroatoms. The molecule has 1 radical (unpaired) electrons. The molecular formula is C12H7ClN. The lowest BCUT2D eigenvalue weighted by Crippen LogP contribution is -1.80. The van der Waals surface area contributed by atoms with E-state index in [2.05, 4.69) is 11.4 Å². The van der Waals surface area contributed by atoms with Gasteiger partial charge in [0.2, 0.25) is 0 Å². The normalized spacial score (nSPS) is 11.8. The van der Waals surface area contributed by atoms with Gasteiger partial charge in [0, 0.05) is 16.1 Å². The number of benzene rings is 2. The zero-order valence-electron chi connectivity index (χ0n) is 7.37. The van der Waals surface area contributed by atoms with Gasteiger partial charge in [-0.15, -0.1) is 0 Å². The maximum absolute atomic E-state index is 5.91. The monoisotopic (exact) mass is 200 g/mol. The summed E-state index contributed by atoms with van der Waals surface area (Å²) in [5.41, 5.74) is 4.37. The first-order valence-electron chi connectivity index (χ1n) is 4.45. The number of fused-ring (bicyclic) bond motifs is 3. The van der Waals surface area contributed by atoms with Gasteiger partial charge in [0.05, 0.1) is 11.4 Å². The van der Waals surface area contributed by atoms with Crippen LogP contribution >= 0.6 is 11.6 Å². The number of nitrogens with zero attached hydrogens (tertiary/aromatic N) is 1. The molecule has 1 nitrogen and oxygen atoms in total. The largest absolute Gasteiger partial charge is 0.248 e. The Morgan fingerprint density at radius 1 is 0.857 bits per heavy atom. The summed E-state index contributed by atoms with van der Waals surface area (Å²) in [6, 6.07) is 13.9. The third-order valence-electron chi connectivity index (χ3n) is 2.39. The van der Waals surface area contributed by atoms with E-state index in [0.717, 1.165) is 16.4 Å². The zero-order chi connectivity index (χ0) is 9.54. The van der Waals surface area contributed by atoms with Crippen molar-refractivity contribution < 1.29 is 0 Å². The summed E-state index contributed by atoms with van der Waals surface area (Å²) in [6.45, 7) is 0. The van der Waals surface area contributed by atoms with Crippen molar-refractivity contribution in [3.63, 3.8) is 0 Å².